The number of amides is 6. The molecule has 1 aliphatic carbocycles. The van der Waals surface area contributed by atoms with Crippen molar-refractivity contribution in [2.24, 2.45) is 0 Å². The van der Waals surface area contributed by atoms with Crippen LogP contribution in [0, 0.1) is 0 Å². The van der Waals surface area contributed by atoms with Crippen LogP contribution in [0.3, 0.4) is 0 Å². The molecule has 2 fully saturated rings. The monoisotopic (exact) mass is 855 g/mol. The van der Waals surface area contributed by atoms with Gasteiger partial charge in [-0.3, -0.25) is 39.0 Å². The molecule has 324 valence electrons. The predicted molar refractivity (Wildman–Crippen MR) is 228 cm³/mol. The van der Waals surface area contributed by atoms with Crippen LogP contribution in [-0.4, -0.2) is 119 Å². The number of nitrogens with zero attached hydrogens (tertiary/aromatic N) is 5. The molecule has 1 aromatic heterocycles. The molecule has 17 heteroatoms. The van der Waals surface area contributed by atoms with E-state index in [1.165, 1.54) is 6.33 Å². The minimum atomic E-state index is -1.01. The van der Waals surface area contributed by atoms with Crippen LogP contribution in [0.2, 0.25) is 5.02 Å². The van der Waals surface area contributed by atoms with Crippen molar-refractivity contribution in [3.8, 4) is 0 Å². The van der Waals surface area contributed by atoms with Crippen LogP contribution in [-0.2, 0) is 19.2 Å². The summed E-state index contributed by atoms with van der Waals surface area (Å²) in [5.41, 5.74) is 3.61. The number of hydrogen-bond acceptors (Lipinski definition) is 12. The smallest absolute Gasteiger partial charge is 0.264 e. The number of carbonyl (C=O) groups excluding carboxylic acids is 6. The highest BCUT2D eigenvalue weighted by molar-refractivity contribution is 6.30. The second-order valence-electron chi connectivity index (χ2n) is 16.2. The van der Waals surface area contributed by atoms with E-state index in [2.05, 4.69) is 43.1 Å². The van der Waals surface area contributed by atoms with Gasteiger partial charge in [0.25, 0.3) is 11.8 Å². The van der Waals surface area contributed by atoms with E-state index in [1.807, 2.05) is 17.0 Å². The number of aliphatic hydroxyl groups is 1. The molecule has 4 aliphatic rings. The van der Waals surface area contributed by atoms with Crippen LogP contribution in [0.4, 0.5) is 11.5 Å². The minimum Gasteiger partial charge on any atom is -0.387 e. The molecule has 0 radical (unpaired) electrons. The highest BCUT2D eigenvalue weighted by Crippen LogP contribution is 2.43. The molecule has 2 unspecified atom stereocenters. The van der Waals surface area contributed by atoms with E-state index in [4.69, 9.17) is 11.6 Å². The van der Waals surface area contributed by atoms with E-state index in [-0.39, 0.29) is 48.1 Å². The fourth-order valence-electron chi connectivity index (χ4n) is 8.79. The van der Waals surface area contributed by atoms with Gasteiger partial charge in [-0.25, -0.2) is 9.97 Å². The van der Waals surface area contributed by atoms with Gasteiger partial charge in [-0.15, -0.1) is 0 Å². The van der Waals surface area contributed by atoms with Crippen LogP contribution < -0.4 is 26.2 Å². The number of unbranched alkanes of at least 4 members (excludes halogenated alkanes) is 4. The van der Waals surface area contributed by atoms with Crippen LogP contribution in [0.1, 0.15) is 120 Å². The SMILES string of the molecule is C[C@@H]1C[C@@H](O)c2ncnc(N3CCN(C(=O)C(CNCCC(=O)NCCCCCCCNc4cccc5c4C(=O)N(C4CCC(=O)NC4=O)C5=O)c4ccc(Cl)cc4)CC3)c21. The Balaban J connectivity index is 0.782. The van der Waals surface area contributed by atoms with E-state index >= 15 is 0 Å². The lowest BCUT2D eigenvalue weighted by Crippen LogP contribution is -2.54. The zero-order valence-corrected chi connectivity index (χ0v) is 35.2. The third kappa shape index (κ3) is 10.0. The van der Waals surface area contributed by atoms with E-state index in [0.717, 1.165) is 53.9 Å². The number of rotatable bonds is 18. The van der Waals surface area contributed by atoms with Crippen LogP contribution >= 0.6 is 11.6 Å². The molecule has 4 heterocycles. The number of fused-ring (bicyclic) bond motifs is 2. The number of aromatic nitrogens is 2. The Morgan fingerprint density at radius 3 is 2.41 bits per heavy atom. The molecule has 7 rings (SSSR count). The van der Waals surface area contributed by atoms with Gasteiger partial charge in [0.2, 0.25) is 23.6 Å². The number of imide groups is 2. The summed E-state index contributed by atoms with van der Waals surface area (Å²) in [7, 11) is 0. The standard InChI is InChI=1S/C44H54ClN9O7/c1-27-24-34(55)39-37(27)40(50-26-49-39)52-20-22-53(23-21-52)42(59)31(28-10-12-29(45)13-11-28)25-46-19-16-35(56)48-18-6-4-2-3-5-17-47-32-9-7-8-30-38(32)44(61)54(43(30)60)33-14-15-36(57)51-41(33)58/h7-13,26-27,31,33-34,46-47,55H,2-6,14-25H2,1H3,(H,48,56)(H,51,57,58)/t27-,31?,33?,34-/m1/s1. The second-order valence-corrected chi connectivity index (χ2v) is 16.7. The van der Waals surface area contributed by atoms with Crippen molar-refractivity contribution in [3.05, 3.63) is 81.8 Å². The molecular formula is C44H54ClN9O7. The van der Waals surface area contributed by atoms with Gasteiger partial charge < -0.3 is 30.9 Å². The normalized spacial score (nSPS) is 20.4. The van der Waals surface area contributed by atoms with Crippen LogP contribution in [0.15, 0.2) is 48.8 Å². The Labute approximate surface area is 360 Å². The van der Waals surface area contributed by atoms with Crippen molar-refractivity contribution in [1.82, 2.24) is 35.7 Å². The highest BCUT2D eigenvalue weighted by Gasteiger charge is 2.45. The minimum absolute atomic E-state index is 0.0138. The van der Waals surface area contributed by atoms with E-state index < -0.39 is 41.7 Å². The zero-order valence-electron chi connectivity index (χ0n) is 34.5. The van der Waals surface area contributed by atoms with Gasteiger partial charge in [0.05, 0.1) is 28.8 Å². The Morgan fingerprint density at radius 1 is 0.918 bits per heavy atom. The third-order valence-corrected chi connectivity index (χ3v) is 12.3. The number of benzene rings is 2. The van der Waals surface area contributed by atoms with Gasteiger partial charge in [0, 0.05) is 81.5 Å². The zero-order chi connectivity index (χ0) is 43.0. The summed E-state index contributed by atoms with van der Waals surface area (Å²) < 4.78 is 0. The maximum Gasteiger partial charge on any atom is 0.264 e. The van der Waals surface area contributed by atoms with Crippen molar-refractivity contribution in [3.63, 3.8) is 0 Å². The summed E-state index contributed by atoms with van der Waals surface area (Å²) in [6, 6.07) is 11.4. The number of halogens is 1. The van der Waals surface area contributed by atoms with Crippen LogP contribution in [0.25, 0.3) is 0 Å². The Bertz CT molecular complexity index is 2130. The first-order valence-corrected chi connectivity index (χ1v) is 21.8. The molecule has 2 saturated heterocycles. The molecule has 2 aromatic carbocycles. The third-order valence-electron chi connectivity index (χ3n) is 12.1. The van der Waals surface area contributed by atoms with Crippen molar-refractivity contribution < 1.29 is 33.9 Å². The number of carbonyl (C=O) groups is 6. The summed E-state index contributed by atoms with van der Waals surface area (Å²) in [5, 5.41) is 22.9. The van der Waals surface area contributed by atoms with Crippen LogP contribution in [0.5, 0.6) is 0 Å². The van der Waals surface area contributed by atoms with Crippen molar-refractivity contribution >= 4 is 58.5 Å². The van der Waals surface area contributed by atoms with Gasteiger partial charge in [-0.05, 0) is 61.4 Å². The summed E-state index contributed by atoms with van der Waals surface area (Å²) >= 11 is 6.18. The number of piperidine rings is 1. The Hall–Kier alpha value is -5.45. The number of hydrogen-bond donors (Lipinski definition) is 5. The molecule has 61 heavy (non-hydrogen) atoms. The number of anilines is 2. The van der Waals surface area contributed by atoms with Crippen molar-refractivity contribution in [1.29, 1.82) is 0 Å². The fourth-order valence-corrected chi connectivity index (χ4v) is 8.91. The molecule has 3 aliphatic heterocycles. The molecule has 0 bridgehead atoms. The van der Waals surface area contributed by atoms with E-state index in [9.17, 15) is 33.9 Å². The summed E-state index contributed by atoms with van der Waals surface area (Å²) in [6.07, 6.45) is 6.55. The molecule has 4 atom stereocenters. The lowest BCUT2D eigenvalue weighted by Gasteiger charge is -2.38. The summed E-state index contributed by atoms with van der Waals surface area (Å²) in [5.74, 6) is -1.59. The largest absolute Gasteiger partial charge is 0.387 e. The maximum absolute atomic E-state index is 14.0. The number of piperazine rings is 1. The fraction of sp³-hybridized carbons (Fsp3) is 0.500. The van der Waals surface area contributed by atoms with E-state index in [0.29, 0.717) is 75.2 Å². The lowest BCUT2D eigenvalue weighted by atomic mass is 9.97. The molecule has 0 spiro atoms. The summed E-state index contributed by atoms with van der Waals surface area (Å²) in [6.45, 7) is 6.36. The topological polar surface area (TPSA) is 206 Å². The molecule has 3 aromatic rings. The predicted octanol–water partition coefficient (Wildman–Crippen LogP) is 3.66. The molecule has 0 saturated carbocycles. The molecular weight excluding hydrogens is 802 g/mol. The average Bonchev–Trinajstić information content (AvgIpc) is 3.70. The van der Waals surface area contributed by atoms with Gasteiger partial charge in [-0.2, -0.15) is 0 Å². The van der Waals surface area contributed by atoms with Gasteiger partial charge >= 0.3 is 0 Å². The average molecular weight is 856 g/mol. The Kier molecular flexibility index (Phi) is 14.3. The van der Waals surface area contributed by atoms with Crippen molar-refractivity contribution in [2.45, 2.75) is 88.7 Å². The number of aliphatic hydroxyl groups excluding tert-OH is 1. The lowest BCUT2D eigenvalue weighted by molar-refractivity contribution is -0.136. The second kappa shape index (κ2) is 19.9. The van der Waals surface area contributed by atoms with Gasteiger partial charge in [0.15, 0.2) is 0 Å². The Morgan fingerprint density at radius 2 is 1.66 bits per heavy atom. The first-order chi connectivity index (χ1) is 29.5. The number of nitrogens with one attached hydrogen (secondary N) is 4. The van der Waals surface area contributed by atoms with Gasteiger partial charge in [-0.1, -0.05) is 56.0 Å². The maximum atomic E-state index is 14.0. The quantitative estimate of drug-likeness (QED) is 0.0919. The molecule has 6 amide bonds. The molecule has 5 N–H and O–H groups in total. The van der Waals surface area contributed by atoms with E-state index in [1.54, 1.807) is 30.3 Å². The van der Waals surface area contributed by atoms with Crippen molar-refractivity contribution in [2.75, 3.05) is 62.6 Å². The highest BCUT2D eigenvalue weighted by atomic mass is 35.5. The summed E-state index contributed by atoms with van der Waals surface area (Å²) in [4.78, 5) is 91.0. The first kappa shape index (κ1) is 43.6. The first-order valence-electron chi connectivity index (χ1n) is 21.4. The van der Waals surface area contributed by atoms with Gasteiger partial charge in [0.1, 0.15) is 18.2 Å². The molecule has 16 nitrogen and oxygen atoms in total.